The third-order valence-electron chi connectivity index (χ3n) is 4.00. The van der Waals surface area contributed by atoms with E-state index < -0.39 is 0 Å². The summed E-state index contributed by atoms with van der Waals surface area (Å²) in [7, 11) is 0. The minimum absolute atomic E-state index is 0.701. The van der Waals surface area contributed by atoms with Crippen LogP contribution in [0, 0.1) is 11.8 Å². The van der Waals surface area contributed by atoms with Gasteiger partial charge in [-0.1, -0.05) is 46.0 Å². The first-order valence-corrected chi connectivity index (χ1v) is 6.97. The molecular formula is C14H29N. The fourth-order valence-corrected chi connectivity index (χ4v) is 2.73. The van der Waals surface area contributed by atoms with E-state index in [0.29, 0.717) is 6.04 Å². The highest BCUT2D eigenvalue weighted by Crippen LogP contribution is 2.29. The molecule has 1 N–H and O–H groups in total. The van der Waals surface area contributed by atoms with Crippen LogP contribution >= 0.6 is 0 Å². The molecular weight excluding hydrogens is 182 g/mol. The van der Waals surface area contributed by atoms with Gasteiger partial charge in [-0.2, -0.15) is 0 Å². The van der Waals surface area contributed by atoms with Gasteiger partial charge in [-0.25, -0.2) is 0 Å². The first kappa shape index (κ1) is 13.0. The lowest BCUT2D eigenvalue weighted by Gasteiger charge is -2.28. The summed E-state index contributed by atoms with van der Waals surface area (Å²) in [5, 5.41) is 3.62. The molecule has 1 aliphatic carbocycles. The van der Waals surface area contributed by atoms with Crippen LogP contribution in [0.2, 0.25) is 0 Å². The zero-order chi connectivity index (χ0) is 11.1. The van der Waals surface area contributed by atoms with Gasteiger partial charge in [-0.3, -0.25) is 0 Å². The van der Waals surface area contributed by atoms with Gasteiger partial charge in [0.15, 0.2) is 0 Å². The molecule has 1 rings (SSSR count). The van der Waals surface area contributed by atoms with E-state index in [1.54, 1.807) is 0 Å². The van der Waals surface area contributed by atoms with Crippen molar-refractivity contribution in [1.29, 1.82) is 0 Å². The highest BCUT2D eigenvalue weighted by molar-refractivity contribution is 4.74. The normalized spacial score (nSPS) is 22.6. The van der Waals surface area contributed by atoms with E-state index in [-0.39, 0.29) is 0 Å². The first-order valence-electron chi connectivity index (χ1n) is 6.97. The minimum atomic E-state index is 0.701. The van der Waals surface area contributed by atoms with Gasteiger partial charge >= 0.3 is 0 Å². The number of hydrogen-bond donors (Lipinski definition) is 1. The Hall–Kier alpha value is -0.0400. The molecule has 0 radical (unpaired) electrons. The highest BCUT2D eigenvalue weighted by atomic mass is 14.9. The maximum absolute atomic E-state index is 3.62. The van der Waals surface area contributed by atoms with Gasteiger partial charge in [-0.15, -0.1) is 0 Å². The summed E-state index contributed by atoms with van der Waals surface area (Å²) < 4.78 is 0. The third-order valence-corrected chi connectivity index (χ3v) is 4.00. The molecule has 0 aromatic heterocycles. The predicted octanol–water partition coefficient (Wildman–Crippen LogP) is 3.98. The average molecular weight is 211 g/mol. The Morgan fingerprint density at radius 2 is 1.80 bits per heavy atom. The second-order valence-corrected chi connectivity index (χ2v) is 5.46. The molecule has 1 aliphatic rings. The SMILES string of the molecule is CCCNC(C)C(C)CC1CCCCC1. The summed E-state index contributed by atoms with van der Waals surface area (Å²) in [6.07, 6.45) is 10.1. The molecule has 0 aromatic rings. The summed E-state index contributed by atoms with van der Waals surface area (Å²) in [6.45, 7) is 8.19. The summed E-state index contributed by atoms with van der Waals surface area (Å²) in [6, 6.07) is 0.701. The lowest BCUT2D eigenvalue weighted by molar-refractivity contribution is 0.264. The fourth-order valence-electron chi connectivity index (χ4n) is 2.73. The van der Waals surface area contributed by atoms with Crippen molar-refractivity contribution < 1.29 is 0 Å². The predicted molar refractivity (Wildman–Crippen MR) is 68.1 cm³/mol. The van der Waals surface area contributed by atoms with Crippen LogP contribution in [0.25, 0.3) is 0 Å². The van der Waals surface area contributed by atoms with Crippen LogP contribution in [-0.4, -0.2) is 12.6 Å². The van der Waals surface area contributed by atoms with E-state index in [1.807, 2.05) is 0 Å². The van der Waals surface area contributed by atoms with Crippen LogP contribution in [-0.2, 0) is 0 Å². The molecule has 0 bridgehead atoms. The molecule has 0 heterocycles. The molecule has 0 saturated heterocycles. The Kier molecular flexibility index (Phi) is 6.31. The quantitative estimate of drug-likeness (QED) is 0.700. The van der Waals surface area contributed by atoms with Crippen molar-refractivity contribution in [1.82, 2.24) is 5.32 Å². The van der Waals surface area contributed by atoms with Crippen LogP contribution in [0.4, 0.5) is 0 Å². The minimum Gasteiger partial charge on any atom is -0.314 e. The zero-order valence-electron chi connectivity index (χ0n) is 10.9. The van der Waals surface area contributed by atoms with Gasteiger partial charge in [0, 0.05) is 6.04 Å². The second kappa shape index (κ2) is 7.27. The summed E-state index contributed by atoms with van der Waals surface area (Å²) >= 11 is 0. The summed E-state index contributed by atoms with van der Waals surface area (Å²) in [5.74, 6) is 1.87. The third kappa shape index (κ3) is 5.01. The van der Waals surface area contributed by atoms with Gasteiger partial charge in [0.25, 0.3) is 0 Å². The smallest absolute Gasteiger partial charge is 0.00644 e. The number of nitrogens with one attached hydrogen (secondary N) is 1. The van der Waals surface area contributed by atoms with Crippen molar-refractivity contribution >= 4 is 0 Å². The highest BCUT2D eigenvalue weighted by Gasteiger charge is 2.19. The van der Waals surface area contributed by atoms with Crippen LogP contribution in [0.5, 0.6) is 0 Å². The van der Waals surface area contributed by atoms with Gasteiger partial charge in [0.2, 0.25) is 0 Å². The van der Waals surface area contributed by atoms with E-state index in [9.17, 15) is 0 Å². The van der Waals surface area contributed by atoms with Crippen molar-refractivity contribution in [3.63, 3.8) is 0 Å². The lowest BCUT2D eigenvalue weighted by Crippen LogP contribution is -2.33. The van der Waals surface area contributed by atoms with Crippen molar-refractivity contribution in [2.24, 2.45) is 11.8 Å². The molecule has 2 unspecified atom stereocenters. The molecule has 1 nitrogen and oxygen atoms in total. The van der Waals surface area contributed by atoms with E-state index in [1.165, 1.54) is 51.5 Å². The Morgan fingerprint density at radius 3 is 2.40 bits per heavy atom. The van der Waals surface area contributed by atoms with Gasteiger partial charge in [0.1, 0.15) is 0 Å². The van der Waals surface area contributed by atoms with Crippen LogP contribution in [0.1, 0.15) is 65.7 Å². The standard InChI is InChI=1S/C14H29N/c1-4-10-15-13(3)12(2)11-14-8-6-5-7-9-14/h12-15H,4-11H2,1-3H3. The maximum atomic E-state index is 3.62. The Morgan fingerprint density at radius 1 is 1.13 bits per heavy atom. The number of hydrogen-bond acceptors (Lipinski definition) is 1. The fraction of sp³-hybridized carbons (Fsp3) is 1.00. The molecule has 1 fully saturated rings. The first-order chi connectivity index (χ1) is 7.24. The molecule has 1 saturated carbocycles. The van der Waals surface area contributed by atoms with Gasteiger partial charge in [-0.05, 0) is 38.1 Å². The van der Waals surface area contributed by atoms with Crippen molar-refractivity contribution in [2.75, 3.05) is 6.54 Å². The Bertz CT molecular complexity index is 149. The largest absolute Gasteiger partial charge is 0.314 e. The molecule has 15 heavy (non-hydrogen) atoms. The topological polar surface area (TPSA) is 12.0 Å². The average Bonchev–Trinajstić information content (AvgIpc) is 2.27. The second-order valence-electron chi connectivity index (χ2n) is 5.46. The van der Waals surface area contributed by atoms with Crippen molar-refractivity contribution in [3.05, 3.63) is 0 Å². The maximum Gasteiger partial charge on any atom is 0.00644 e. The monoisotopic (exact) mass is 211 g/mol. The number of rotatable bonds is 6. The van der Waals surface area contributed by atoms with E-state index >= 15 is 0 Å². The van der Waals surface area contributed by atoms with Gasteiger partial charge in [0.05, 0.1) is 0 Å². The Labute approximate surface area is 96.0 Å². The molecule has 90 valence electrons. The van der Waals surface area contributed by atoms with Crippen LogP contribution in [0.3, 0.4) is 0 Å². The van der Waals surface area contributed by atoms with Gasteiger partial charge < -0.3 is 5.32 Å². The summed E-state index contributed by atoms with van der Waals surface area (Å²) in [4.78, 5) is 0. The lowest BCUT2D eigenvalue weighted by atomic mass is 9.81. The molecule has 0 amide bonds. The molecule has 0 aliphatic heterocycles. The molecule has 0 aromatic carbocycles. The van der Waals surface area contributed by atoms with Crippen molar-refractivity contribution in [2.45, 2.75) is 71.8 Å². The molecule has 1 heteroatoms. The van der Waals surface area contributed by atoms with Crippen molar-refractivity contribution in [3.8, 4) is 0 Å². The van der Waals surface area contributed by atoms with Crippen LogP contribution in [0.15, 0.2) is 0 Å². The van der Waals surface area contributed by atoms with E-state index in [2.05, 4.69) is 26.1 Å². The Balaban J connectivity index is 2.17. The van der Waals surface area contributed by atoms with E-state index in [0.717, 1.165) is 11.8 Å². The van der Waals surface area contributed by atoms with E-state index in [4.69, 9.17) is 0 Å². The molecule has 2 atom stereocenters. The zero-order valence-corrected chi connectivity index (χ0v) is 10.9. The molecule has 0 spiro atoms. The summed E-state index contributed by atoms with van der Waals surface area (Å²) in [5.41, 5.74) is 0. The van der Waals surface area contributed by atoms with Crippen LogP contribution < -0.4 is 5.32 Å².